The maximum atomic E-state index is 12.8. The minimum absolute atomic E-state index is 0.0779. The predicted octanol–water partition coefficient (Wildman–Crippen LogP) is 3.37. The van der Waals surface area contributed by atoms with Crippen molar-refractivity contribution in [3.05, 3.63) is 52.0 Å². The van der Waals surface area contributed by atoms with Crippen molar-refractivity contribution in [3.8, 4) is 0 Å². The molecule has 2 N–H and O–H groups in total. The molecule has 1 aromatic carbocycles. The summed E-state index contributed by atoms with van der Waals surface area (Å²) in [6.45, 7) is 3.45. The van der Waals surface area contributed by atoms with E-state index in [2.05, 4.69) is 26.3 Å². The molecule has 3 heterocycles. The summed E-state index contributed by atoms with van der Waals surface area (Å²) in [4.78, 5) is 22.5. The zero-order valence-corrected chi connectivity index (χ0v) is 15.8. The van der Waals surface area contributed by atoms with Gasteiger partial charge in [-0.3, -0.25) is 9.69 Å². The lowest BCUT2D eigenvalue weighted by Crippen LogP contribution is -2.43. The maximum absolute atomic E-state index is 12.8. The van der Waals surface area contributed by atoms with E-state index in [1.807, 2.05) is 11.4 Å². The van der Waals surface area contributed by atoms with E-state index in [4.69, 9.17) is 4.74 Å². The molecule has 28 heavy (non-hydrogen) atoms. The van der Waals surface area contributed by atoms with Crippen LogP contribution in [0.1, 0.15) is 33.5 Å². The van der Waals surface area contributed by atoms with Crippen LogP contribution >= 0.6 is 11.3 Å². The summed E-state index contributed by atoms with van der Waals surface area (Å²) in [5, 5.41) is 5.01. The molecule has 4 rings (SSSR count). The van der Waals surface area contributed by atoms with E-state index in [9.17, 15) is 13.6 Å². The molecule has 1 saturated heterocycles. The van der Waals surface area contributed by atoms with Crippen LogP contribution in [0.5, 0.6) is 0 Å². The second-order valence-corrected chi connectivity index (χ2v) is 7.52. The number of hydrogen-bond donors (Lipinski definition) is 2. The molecule has 1 fully saturated rings. The van der Waals surface area contributed by atoms with Crippen LogP contribution in [-0.2, 0) is 4.74 Å². The summed E-state index contributed by atoms with van der Waals surface area (Å²) in [6, 6.07) is 8.88. The largest absolute Gasteiger partial charge is 0.379 e. The first-order valence-corrected chi connectivity index (χ1v) is 9.91. The van der Waals surface area contributed by atoms with Crippen molar-refractivity contribution in [2.45, 2.75) is 12.5 Å². The van der Waals surface area contributed by atoms with E-state index < -0.39 is 12.2 Å². The fourth-order valence-electron chi connectivity index (χ4n) is 3.35. The van der Waals surface area contributed by atoms with Gasteiger partial charge in [0.15, 0.2) is 5.82 Å². The van der Waals surface area contributed by atoms with E-state index in [0.717, 1.165) is 13.1 Å². The lowest BCUT2D eigenvalue weighted by atomic mass is 10.1. The Balaban J connectivity index is 1.47. The molecule has 0 spiro atoms. The number of fused-ring (bicyclic) bond motifs is 1. The molecule has 3 aromatic rings. The number of ether oxygens (including phenoxy) is 1. The van der Waals surface area contributed by atoms with Gasteiger partial charge in [-0.15, -0.1) is 11.3 Å². The number of alkyl halides is 2. The first-order valence-electron chi connectivity index (χ1n) is 9.03. The van der Waals surface area contributed by atoms with Crippen molar-refractivity contribution in [2.75, 3.05) is 32.8 Å². The van der Waals surface area contributed by atoms with E-state index in [1.54, 1.807) is 29.5 Å². The summed E-state index contributed by atoms with van der Waals surface area (Å²) >= 11 is 1.66. The minimum atomic E-state index is -2.68. The van der Waals surface area contributed by atoms with Gasteiger partial charge in [0.05, 0.1) is 30.3 Å². The number of imidazole rings is 1. The number of rotatable bonds is 6. The number of aromatic amines is 1. The Kier molecular flexibility index (Phi) is 5.65. The highest BCUT2D eigenvalue weighted by Crippen LogP contribution is 2.26. The fourth-order valence-corrected chi connectivity index (χ4v) is 4.21. The summed E-state index contributed by atoms with van der Waals surface area (Å²) < 4.78 is 31.0. The number of hydrogen-bond acceptors (Lipinski definition) is 5. The second kappa shape index (κ2) is 8.34. The molecule has 148 valence electrons. The van der Waals surface area contributed by atoms with Crippen LogP contribution in [-0.4, -0.2) is 53.6 Å². The smallest absolute Gasteiger partial charge is 0.295 e. The molecule has 1 aliphatic heterocycles. The van der Waals surface area contributed by atoms with Crippen LogP contribution in [0.4, 0.5) is 8.78 Å². The van der Waals surface area contributed by atoms with E-state index >= 15 is 0 Å². The molecule has 9 heteroatoms. The van der Waals surface area contributed by atoms with Crippen molar-refractivity contribution in [1.29, 1.82) is 0 Å². The van der Waals surface area contributed by atoms with Crippen LogP contribution in [0.2, 0.25) is 0 Å². The molecule has 0 saturated carbocycles. The molecule has 0 aliphatic carbocycles. The summed E-state index contributed by atoms with van der Waals surface area (Å²) in [7, 11) is 0. The van der Waals surface area contributed by atoms with Gasteiger partial charge in [-0.1, -0.05) is 6.07 Å². The van der Waals surface area contributed by atoms with Crippen molar-refractivity contribution in [3.63, 3.8) is 0 Å². The Morgan fingerprint density at radius 3 is 2.86 bits per heavy atom. The van der Waals surface area contributed by atoms with Crippen LogP contribution in [0.15, 0.2) is 35.7 Å². The highest BCUT2D eigenvalue weighted by molar-refractivity contribution is 7.10. The fraction of sp³-hybridized carbons (Fsp3) is 0.368. The third kappa shape index (κ3) is 4.06. The Hall–Kier alpha value is -2.36. The normalized spacial score (nSPS) is 16.5. The number of H-pyrrole nitrogens is 1. The second-order valence-electron chi connectivity index (χ2n) is 6.54. The average Bonchev–Trinajstić information content (AvgIpc) is 3.38. The first kappa shape index (κ1) is 19.0. The quantitative estimate of drug-likeness (QED) is 0.659. The Labute approximate surface area is 164 Å². The van der Waals surface area contributed by atoms with Gasteiger partial charge in [0.2, 0.25) is 0 Å². The van der Waals surface area contributed by atoms with Crippen molar-refractivity contribution in [2.24, 2.45) is 0 Å². The number of nitrogens with zero attached hydrogens (tertiary/aromatic N) is 2. The highest BCUT2D eigenvalue weighted by atomic mass is 32.1. The number of carbonyl (C=O) groups is 1. The summed E-state index contributed by atoms with van der Waals surface area (Å²) in [5.41, 5.74) is 1.24. The SMILES string of the molecule is O=C(NCC(c1cccs1)N1CCOCC1)c1ccc2nc(C(F)F)[nH]c2c1. The van der Waals surface area contributed by atoms with Gasteiger partial charge < -0.3 is 15.0 Å². The van der Waals surface area contributed by atoms with Gasteiger partial charge in [-0.05, 0) is 29.6 Å². The molecular weight excluding hydrogens is 386 g/mol. The Morgan fingerprint density at radius 2 is 2.14 bits per heavy atom. The van der Waals surface area contributed by atoms with Gasteiger partial charge in [0, 0.05) is 30.1 Å². The number of nitrogens with one attached hydrogen (secondary N) is 2. The average molecular weight is 406 g/mol. The molecule has 0 bridgehead atoms. The molecule has 2 aromatic heterocycles. The van der Waals surface area contributed by atoms with Crippen molar-refractivity contribution >= 4 is 28.3 Å². The maximum Gasteiger partial charge on any atom is 0.295 e. The van der Waals surface area contributed by atoms with Crippen LogP contribution in [0, 0.1) is 0 Å². The zero-order valence-electron chi connectivity index (χ0n) is 15.0. The van der Waals surface area contributed by atoms with Gasteiger partial charge in [0.1, 0.15) is 0 Å². The summed E-state index contributed by atoms with van der Waals surface area (Å²) in [5.74, 6) is -0.637. The lowest BCUT2D eigenvalue weighted by Gasteiger charge is -2.34. The van der Waals surface area contributed by atoms with Gasteiger partial charge in [-0.25, -0.2) is 13.8 Å². The molecule has 1 unspecified atom stereocenters. The van der Waals surface area contributed by atoms with E-state index in [1.165, 1.54) is 4.88 Å². The molecule has 1 atom stereocenters. The number of carbonyl (C=O) groups excluding carboxylic acids is 1. The van der Waals surface area contributed by atoms with E-state index in [0.29, 0.717) is 36.4 Å². The zero-order chi connectivity index (χ0) is 19.5. The standard InChI is InChI=1S/C19H20F2N4O2S/c20-17(21)18-23-13-4-3-12(10-14(13)24-18)19(26)22-11-15(16-2-1-9-28-16)25-5-7-27-8-6-25/h1-4,9-10,15,17H,5-8,11H2,(H,22,26)(H,23,24). The minimum Gasteiger partial charge on any atom is -0.379 e. The highest BCUT2D eigenvalue weighted by Gasteiger charge is 2.24. The molecule has 6 nitrogen and oxygen atoms in total. The Morgan fingerprint density at radius 1 is 1.32 bits per heavy atom. The number of halogens is 2. The van der Waals surface area contributed by atoms with Gasteiger partial charge in [-0.2, -0.15) is 0 Å². The van der Waals surface area contributed by atoms with Crippen LogP contribution in [0.3, 0.4) is 0 Å². The molecule has 1 aliphatic rings. The third-order valence-corrected chi connectivity index (χ3v) is 5.76. The monoisotopic (exact) mass is 406 g/mol. The van der Waals surface area contributed by atoms with Gasteiger partial charge in [0.25, 0.3) is 12.3 Å². The van der Waals surface area contributed by atoms with Crippen molar-refractivity contribution in [1.82, 2.24) is 20.2 Å². The van der Waals surface area contributed by atoms with Gasteiger partial charge >= 0.3 is 0 Å². The molecule has 0 radical (unpaired) electrons. The number of amides is 1. The van der Waals surface area contributed by atoms with Crippen molar-refractivity contribution < 1.29 is 18.3 Å². The van der Waals surface area contributed by atoms with Crippen LogP contribution in [0.25, 0.3) is 11.0 Å². The topological polar surface area (TPSA) is 70.2 Å². The first-order chi connectivity index (χ1) is 13.6. The van der Waals surface area contributed by atoms with E-state index in [-0.39, 0.29) is 11.9 Å². The van der Waals surface area contributed by atoms with Crippen LogP contribution < -0.4 is 5.32 Å². The Bertz CT molecular complexity index is 939. The predicted molar refractivity (Wildman–Crippen MR) is 103 cm³/mol. The number of morpholine rings is 1. The lowest BCUT2D eigenvalue weighted by molar-refractivity contribution is 0.0169. The molecule has 1 amide bonds. The number of benzene rings is 1. The summed E-state index contributed by atoms with van der Waals surface area (Å²) in [6.07, 6.45) is -2.68. The molecular formula is C19H20F2N4O2S. The third-order valence-electron chi connectivity index (χ3n) is 4.78. The number of thiophene rings is 1. The number of aromatic nitrogens is 2.